The Balaban J connectivity index is 1.34. The number of thioether (sulfide) groups is 1. The van der Waals surface area contributed by atoms with Gasteiger partial charge in [-0.3, -0.25) is 0 Å². The molecule has 2 aliphatic carbocycles. The first kappa shape index (κ1) is 22.4. The van der Waals surface area contributed by atoms with Crippen LogP contribution in [0.4, 0.5) is 0 Å². The molecule has 7 atom stereocenters. The lowest BCUT2D eigenvalue weighted by molar-refractivity contribution is -0.200. The molecule has 4 nitrogen and oxygen atoms in total. The Morgan fingerprint density at radius 2 is 1.78 bits per heavy atom. The summed E-state index contributed by atoms with van der Waals surface area (Å²) in [6.07, 6.45) is 5.36. The predicted octanol–water partition coefficient (Wildman–Crippen LogP) is 4.26. The van der Waals surface area contributed by atoms with Gasteiger partial charge in [-0.15, -0.1) is 11.8 Å². The van der Waals surface area contributed by atoms with Gasteiger partial charge in [0.05, 0.1) is 0 Å². The van der Waals surface area contributed by atoms with Crippen LogP contribution in [0.5, 0.6) is 0 Å². The molecule has 1 heterocycles. The molecule has 3 fully saturated rings. The summed E-state index contributed by atoms with van der Waals surface area (Å²) < 4.78 is 5.96. The Morgan fingerprint density at radius 3 is 2.50 bits per heavy atom. The van der Waals surface area contributed by atoms with Crippen LogP contribution in [0.1, 0.15) is 66.0 Å². The highest BCUT2D eigenvalue weighted by atomic mass is 32.2. The second kappa shape index (κ2) is 8.77. The van der Waals surface area contributed by atoms with Crippen LogP contribution in [0.3, 0.4) is 0 Å². The average molecular weight is 455 g/mol. The van der Waals surface area contributed by atoms with Gasteiger partial charge < -0.3 is 20.1 Å². The molecule has 3 aliphatic rings. The lowest BCUT2D eigenvalue weighted by atomic mass is 9.82. The highest BCUT2D eigenvalue weighted by molar-refractivity contribution is 7.99. The molecule has 0 aromatic heterocycles. The van der Waals surface area contributed by atoms with Crippen LogP contribution in [0.15, 0.2) is 42.5 Å². The van der Waals surface area contributed by atoms with Crippen molar-refractivity contribution < 1.29 is 20.1 Å². The molecule has 0 amide bonds. The number of ether oxygens (including phenoxy) is 1. The molecular weight excluding hydrogens is 420 g/mol. The Labute approximate surface area is 195 Å². The smallest absolute Gasteiger partial charge is 0.132 e. The van der Waals surface area contributed by atoms with Crippen LogP contribution in [-0.4, -0.2) is 45.3 Å². The number of aliphatic hydroxyl groups excluding tert-OH is 3. The second-order valence-electron chi connectivity index (χ2n) is 10.00. The number of aryl methyl sites for hydroxylation is 1. The van der Waals surface area contributed by atoms with Crippen LogP contribution in [0, 0.1) is 12.8 Å². The summed E-state index contributed by atoms with van der Waals surface area (Å²) in [5.74, 6) is 0.905. The van der Waals surface area contributed by atoms with Crippen molar-refractivity contribution in [1.82, 2.24) is 0 Å². The van der Waals surface area contributed by atoms with Gasteiger partial charge in [0.15, 0.2) is 0 Å². The summed E-state index contributed by atoms with van der Waals surface area (Å²) in [6.45, 7) is 2.10. The van der Waals surface area contributed by atoms with Crippen molar-refractivity contribution in [1.29, 1.82) is 0 Å². The lowest BCUT2D eigenvalue weighted by Gasteiger charge is -2.40. The van der Waals surface area contributed by atoms with E-state index in [-0.39, 0.29) is 0 Å². The van der Waals surface area contributed by atoms with Crippen LogP contribution >= 0.6 is 11.8 Å². The molecular formula is C27H34O4S. The zero-order valence-electron chi connectivity index (χ0n) is 18.9. The minimum atomic E-state index is -1.23. The zero-order chi connectivity index (χ0) is 22.5. The number of benzene rings is 2. The van der Waals surface area contributed by atoms with Gasteiger partial charge in [0.25, 0.3) is 0 Å². The topological polar surface area (TPSA) is 69.9 Å². The quantitative estimate of drug-likeness (QED) is 0.630. The Morgan fingerprint density at radius 1 is 1.00 bits per heavy atom. The predicted molar refractivity (Wildman–Crippen MR) is 128 cm³/mol. The van der Waals surface area contributed by atoms with Gasteiger partial charge >= 0.3 is 0 Å². The molecule has 2 saturated carbocycles. The summed E-state index contributed by atoms with van der Waals surface area (Å²) >= 11 is 1.34. The molecule has 2 aromatic carbocycles. The Kier molecular flexibility index (Phi) is 6.14. The first-order chi connectivity index (χ1) is 15.4. The van der Waals surface area contributed by atoms with Crippen molar-refractivity contribution in [3.05, 3.63) is 70.3 Å². The van der Waals surface area contributed by atoms with E-state index in [0.29, 0.717) is 5.41 Å². The molecule has 0 radical (unpaired) electrons. The lowest BCUT2D eigenvalue weighted by Crippen LogP contribution is -2.52. The van der Waals surface area contributed by atoms with E-state index < -0.39 is 29.9 Å². The molecule has 1 aliphatic heterocycles. The summed E-state index contributed by atoms with van der Waals surface area (Å²) in [5, 5.41) is 31.0. The van der Waals surface area contributed by atoms with Crippen LogP contribution in [0.2, 0.25) is 0 Å². The van der Waals surface area contributed by atoms with Gasteiger partial charge in [-0.1, -0.05) is 55.3 Å². The highest BCUT2D eigenvalue weighted by Gasteiger charge is 2.55. The summed E-state index contributed by atoms with van der Waals surface area (Å²) in [7, 11) is 0. The maximum atomic E-state index is 10.6. The maximum Gasteiger partial charge on any atom is 0.132 e. The first-order valence-electron chi connectivity index (χ1n) is 11.8. The van der Waals surface area contributed by atoms with Crippen LogP contribution < -0.4 is 0 Å². The summed E-state index contributed by atoms with van der Waals surface area (Å²) in [5.41, 5.74) is 5.92. The van der Waals surface area contributed by atoms with E-state index in [0.717, 1.165) is 17.9 Å². The fraction of sp³-hybridized carbons (Fsp3) is 0.556. The Hall–Kier alpha value is -1.37. The standard InChI is InChI=1S/C27H34O4S/c1-16-6-9-18(25-23(29)22(28)24(30)26(31-25)32-2)14-19(16)13-17-7-10-20(11-8-17)27-12-4-3-5-21(27)15-27/h6-11,14,21-26,28-30H,3-5,12-13,15H2,1-2H3/t21?,22-,23-,24+,25?,26-,27-/m1/s1. The van der Waals surface area contributed by atoms with Crippen molar-refractivity contribution in [2.75, 3.05) is 6.26 Å². The molecule has 3 N–H and O–H groups in total. The number of hydrogen-bond donors (Lipinski definition) is 3. The van der Waals surface area contributed by atoms with E-state index in [2.05, 4.69) is 43.3 Å². The van der Waals surface area contributed by atoms with Crippen molar-refractivity contribution >= 4 is 11.8 Å². The molecule has 32 heavy (non-hydrogen) atoms. The molecule has 5 rings (SSSR count). The van der Waals surface area contributed by atoms with E-state index in [1.165, 1.54) is 66.1 Å². The summed E-state index contributed by atoms with van der Waals surface area (Å²) in [4.78, 5) is 0. The van der Waals surface area contributed by atoms with Crippen molar-refractivity contribution in [3.8, 4) is 0 Å². The molecule has 2 unspecified atom stereocenters. The molecule has 0 bridgehead atoms. The SMILES string of the molecule is CS[C@H]1OC(c2ccc(C)c(Cc3ccc([C@]45CCCCC4C5)cc3)c2)[C@H](O)[C@@H](O)[C@@H]1O. The fourth-order valence-corrected chi connectivity index (χ4v) is 6.62. The second-order valence-corrected chi connectivity index (χ2v) is 10.9. The van der Waals surface area contributed by atoms with Crippen molar-refractivity contribution in [2.45, 2.75) is 80.7 Å². The normalized spacial score (nSPS) is 36.5. The van der Waals surface area contributed by atoms with Crippen molar-refractivity contribution in [2.24, 2.45) is 5.92 Å². The van der Waals surface area contributed by atoms with E-state index in [1.807, 2.05) is 12.3 Å². The van der Waals surface area contributed by atoms with Crippen LogP contribution in [-0.2, 0) is 16.6 Å². The van der Waals surface area contributed by atoms with Crippen molar-refractivity contribution in [3.63, 3.8) is 0 Å². The fourth-order valence-electron chi connectivity index (χ4n) is 5.95. The molecule has 172 valence electrons. The van der Waals surface area contributed by atoms with Crippen LogP contribution in [0.25, 0.3) is 0 Å². The van der Waals surface area contributed by atoms with Gasteiger partial charge in [-0.25, -0.2) is 0 Å². The van der Waals surface area contributed by atoms with Gasteiger partial charge in [0, 0.05) is 0 Å². The molecule has 2 aromatic rings. The third-order valence-electron chi connectivity index (χ3n) is 8.08. The average Bonchev–Trinajstić information content (AvgIpc) is 3.56. The van der Waals surface area contributed by atoms with Gasteiger partial charge in [-0.05, 0) is 78.0 Å². The number of rotatable bonds is 5. The third-order valence-corrected chi connectivity index (χ3v) is 8.94. The van der Waals surface area contributed by atoms with E-state index in [9.17, 15) is 15.3 Å². The molecule has 5 heteroatoms. The molecule has 0 spiro atoms. The van der Waals surface area contributed by atoms with E-state index in [4.69, 9.17) is 4.74 Å². The van der Waals surface area contributed by atoms with E-state index in [1.54, 1.807) is 0 Å². The number of aliphatic hydroxyl groups is 3. The minimum absolute atomic E-state index is 0.473. The largest absolute Gasteiger partial charge is 0.387 e. The zero-order valence-corrected chi connectivity index (χ0v) is 19.7. The summed E-state index contributed by atoms with van der Waals surface area (Å²) in [6, 6.07) is 15.3. The van der Waals surface area contributed by atoms with Gasteiger partial charge in [-0.2, -0.15) is 0 Å². The van der Waals surface area contributed by atoms with Gasteiger partial charge in [0.2, 0.25) is 0 Å². The Bertz CT molecular complexity index is 959. The van der Waals surface area contributed by atoms with Gasteiger partial charge in [0.1, 0.15) is 29.9 Å². The number of hydrogen-bond acceptors (Lipinski definition) is 5. The molecule has 1 saturated heterocycles. The third kappa shape index (κ3) is 3.92. The maximum absolute atomic E-state index is 10.6. The van der Waals surface area contributed by atoms with E-state index >= 15 is 0 Å². The minimum Gasteiger partial charge on any atom is -0.387 e. The first-order valence-corrected chi connectivity index (χ1v) is 13.1. The monoisotopic (exact) mass is 454 g/mol. The highest BCUT2D eigenvalue weighted by Crippen LogP contribution is 2.62. The number of fused-ring (bicyclic) bond motifs is 1.